The molecule has 11 heteroatoms. The van der Waals surface area contributed by atoms with Gasteiger partial charge in [0.15, 0.2) is 5.54 Å². The molecule has 4 rings (SSSR count). The van der Waals surface area contributed by atoms with E-state index in [4.69, 9.17) is 4.42 Å². The number of carbonyl (C=O) groups is 3. The highest BCUT2D eigenvalue weighted by molar-refractivity contribution is 6.08. The number of hydrogen-bond donors (Lipinski definition) is 2. The van der Waals surface area contributed by atoms with Gasteiger partial charge in [-0.15, -0.1) is 5.10 Å². The van der Waals surface area contributed by atoms with E-state index in [2.05, 4.69) is 20.8 Å². The second kappa shape index (κ2) is 6.55. The van der Waals surface area contributed by atoms with Crippen LogP contribution in [0.5, 0.6) is 0 Å². The minimum Gasteiger partial charge on any atom is -0.466 e. The number of urea groups is 1. The predicted octanol–water partition coefficient (Wildman–Crippen LogP) is 1.42. The summed E-state index contributed by atoms with van der Waals surface area (Å²) in [5, 5.41) is 7.11. The Kier molecular flexibility index (Phi) is 4.14. The molecule has 0 saturated carbocycles. The predicted molar refractivity (Wildman–Crippen MR) is 95.0 cm³/mol. The lowest BCUT2D eigenvalue weighted by atomic mass is 10.00. The number of benzene rings is 1. The summed E-state index contributed by atoms with van der Waals surface area (Å²) in [5.41, 5.74) is 1.25. The van der Waals surface area contributed by atoms with Crippen LogP contribution in [-0.4, -0.2) is 37.6 Å². The number of carbonyl (C=O) groups excluding carboxylic acids is 3. The van der Waals surface area contributed by atoms with Crippen molar-refractivity contribution in [3.05, 3.63) is 65.9 Å². The highest BCUT2D eigenvalue weighted by Crippen LogP contribution is 2.28. The van der Waals surface area contributed by atoms with Gasteiger partial charge in [-0.2, -0.15) is 5.01 Å². The number of imide groups is 1. The summed E-state index contributed by atoms with van der Waals surface area (Å²) in [4.78, 5) is 41.5. The summed E-state index contributed by atoms with van der Waals surface area (Å²) in [6, 6.07) is 7.75. The molecule has 148 valence electrons. The standard InChI is InChI=1S/C18H15FN6O4/c1-10-20-14(22-24(10)12-7-5-11(19)6-8-12)15(26)23-25-16(27)18(2,21-17(25)28)13-4-3-9-29-13/h3-9H,1-2H3,(H,21,28)(H,23,26). The molecule has 1 aliphatic heterocycles. The molecule has 0 aliphatic carbocycles. The molecule has 3 heterocycles. The second-order valence-electron chi connectivity index (χ2n) is 6.48. The lowest BCUT2D eigenvalue weighted by Crippen LogP contribution is -2.48. The lowest BCUT2D eigenvalue weighted by Gasteiger charge is -2.18. The van der Waals surface area contributed by atoms with E-state index in [0.29, 0.717) is 16.5 Å². The van der Waals surface area contributed by atoms with Crippen molar-refractivity contribution in [2.24, 2.45) is 0 Å². The summed E-state index contributed by atoms with van der Waals surface area (Å²) in [7, 11) is 0. The molecule has 1 fully saturated rings. The van der Waals surface area contributed by atoms with E-state index >= 15 is 0 Å². The van der Waals surface area contributed by atoms with E-state index in [0.717, 1.165) is 0 Å². The van der Waals surface area contributed by atoms with Gasteiger partial charge in [-0.05, 0) is 50.2 Å². The Labute approximate surface area is 163 Å². The summed E-state index contributed by atoms with van der Waals surface area (Å²) < 4.78 is 19.7. The third-order valence-corrected chi connectivity index (χ3v) is 4.46. The number of nitrogens with one attached hydrogen (secondary N) is 2. The minimum atomic E-state index is -1.45. The van der Waals surface area contributed by atoms with Crippen LogP contribution in [0.3, 0.4) is 0 Å². The molecule has 1 aromatic carbocycles. The van der Waals surface area contributed by atoms with Crippen LogP contribution in [0, 0.1) is 12.7 Å². The van der Waals surface area contributed by atoms with E-state index in [1.54, 1.807) is 19.1 Å². The van der Waals surface area contributed by atoms with Crippen molar-refractivity contribution in [3.63, 3.8) is 0 Å². The van der Waals surface area contributed by atoms with Crippen molar-refractivity contribution in [3.8, 4) is 5.69 Å². The maximum Gasteiger partial charge on any atom is 0.344 e. The van der Waals surface area contributed by atoms with E-state index in [1.807, 2.05) is 0 Å². The van der Waals surface area contributed by atoms with Gasteiger partial charge in [-0.3, -0.25) is 9.59 Å². The molecule has 0 spiro atoms. The van der Waals surface area contributed by atoms with Crippen LogP contribution < -0.4 is 10.7 Å². The van der Waals surface area contributed by atoms with Crippen LogP contribution >= 0.6 is 0 Å². The first-order chi connectivity index (χ1) is 13.8. The fourth-order valence-electron chi connectivity index (χ4n) is 2.94. The van der Waals surface area contributed by atoms with Gasteiger partial charge in [0.2, 0.25) is 5.82 Å². The minimum absolute atomic E-state index is 0.224. The molecule has 10 nitrogen and oxygen atoms in total. The molecular weight excluding hydrogens is 383 g/mol. The average Bonchev–Trinajstić information content (AvgIpc) is 3.40. The molecule has 1 aliphatic rings. The lowest BCUT2D eigenvalue weighted by molar-refractivity contribution is -0.133. The topological polar surface area (TPSA) is 122 Å². The fraction of sp³-hybridized carbons (Fsp3) is 0.167. The van der Waals surface area contributed by atoms with Crippen LogP contribution in [-0.2, 0) is 10.3 Å². The first-order valence-electron chi connectivity index (χ1n) is 8.51. The van der Waals surface area contributed by atoms with Gasteiger partial charge in [-0.25, -0.2) is 24.3 Å². The SMILES string of the molecule is Cc1nc(C(=O)NN2C(=O)NC(C)(c3ccco3)C2=O)nn1-c1ccc(F)cc1. The van der Waals surface area contributed by atoms with Crippen molar-refractivity contribution in [2.45, 2.75) is 19.4 Å². The van der Waals surface area contributed by atoms with E-state index in [1.165, 1.54) is 42.1 Å². The van der Waals surface area contributed by atoms with Gasteiger partial charge >= 0.3 is 11.9 Å². The molecular formula is C18H15FN6O4. The van der Waals surface area contributed by atoms with Crippen molar-refractivity contribution >= 4 is 17.8 Å². The highest BCUT2D eigenvalue weighted by atomic mass is 19.1. The monoisotopic (exact) mass is 398 g/mol. The summed E-state index contributed by atoms with van der Waals surface area (Å²) in [6.45, 7) is 3.07. The van der Waals surface area contributed by atoms with Gasteiger partial charge in [0.1, 0.15) is 17.4 Å². The Morgan fingerprint density at radius 1 is 1.24 bits per heavy atom. The number of halogens is 1. The number of amides is 4. The molecule has 0 radical (unpaired) electrons. The zero-order valence-corrected chi connectivity index (χ0v) is 15.3. The smallest absolute Gasteiger partial charge is 0.344 e. The number of rotatable bonds is 4. The van der Waals surface area contributed by atoms with Crippen molar-refractivity contribution < 1.29 is 23.2 Å². The van der Waals surface area contributed by atoms with Crippen molar-refractivity contribution in [1.82, 2.24) is 30.5 Å². The zero-order chi connectivity index (χ0) is 20.8. The number of hydrogen-bond acceptors (Lipinski definition) is 6. The van der Waals surface area contributed by atoms with E-state index in [9.17, 15) is 18.8 Å². The third-order valence-electron chi connectivity index (χ3n) is 4.46. The number of hydrazine groups is 1. The van der Waals surface area contributed by atoms with Crippen LogP contribution in [0.25, 0.3) is 5.69 Å². The Bertz CT molecular complexity index is 1110. The molecule has 0 bridgehead atoms. The molecule has 1 atom stereocenters. The molecule has 1 saturated heterocycles. The average molecular weight is 398 g/mol. The van der Waals surface area contributed by atoms with Crippen molar-refractivity contribution in [1.29, 1.82) is 0 Å². The Morgan fingerprint density at radius 2 is 1.97 bits per heavy atom. The molecule has 4 amide bonds. The summed E-state index contributed by atoms with van der Waals surface area (Å²) >= 11 is 0. The number of aromatic nitrogens is 3. The van der Waals surface area contributed by atoms with Crippen molar-refractivity contribution in [2.75, 3.05) is 0 Å². The summed E-state index contributed by atoms with van der Waals surface area (Å²) in [6.07, 6.45) is 1.37. The van der Waals surface area contributed by atoms with Gasteiger partial charge in [0, 0.05) is 0 Å². The largest absolute Gasteiger partial charge is 0.466 e. The molecule has 1 unspecified atom stereocenters. The van der Waals surface area contributed by atoms with Gasteiger partial charge in [0.05, 0.1) is 12.0 Å². The first-order valence-corrected chi connectivity index (χ1v) is 8.51. The van der Waals surface area contributed by atoms with Gasteiger partial charge < -0.3 is 9.73 Å². The van der Waals surface area contributed by atoms with Crippen LogP contribution in [0.2, 0.25) is 0 Å². The zero-order valence-electron chi connectivity index (χ0n) is 15.3. The number of nitrogens with zero attached hydrogens (tertiary/aromatic N) is 4. The maximum absolute atomic E-state index is 13.1. The van der Waals surface area contributed by atoms with E-state index in [-0.39, 0.29) is 11.6 Å². The fourth-order valence-corrected chi connectivity index (χ4v) is 2.94. The Morgan fingerprint density at radius 3 is 2.62 bits per heavy atom. The van der Waals surface area contributed by atoms with E-state index < -0.39 is 29.2 Å². The molecule has 29 heavy (non-hydrogen) atoms. The molecule has 2 N–H and O–H groups in total. The first kappa shape index (κ1) is 18.3. The number of aryl methyl sites for hydroxylation is 1. The van der Waals surface area contributed by atoms with Crippen LogP contribution in [0.1, 0.15) is 29.1 Å². The van der Waals surface area contributed by atoms with Crippen LogP contribution in [0.4, 0.5) is 9.18 Å². The Balaban J connectivity index is 1.56. The number of furan rings is 1. The highest BCUT2D eigenvalue weighted by Gasteiger charge is 2.52. The second-order valence-corrected chi connectivity index (χ2v) is 6.48. The van der Waals surface area contributed by atoms with Gasteiger partial charge in [0.25, 0.3) is 5.91 Å². The van der Waals surface area contributed by atoms with Crippen LogP contribution in [0.15, 0.2) is 47.1 Å². The summed E-state index contributed by atoms with van der Waals surface area (Å²) in [5.74, 6) is -1.68. The Hall–Kier alpha value is -4.02. The van der Waals surface area contributed by atoms with Gasteiger partial charge in [-0.1, -0.05) is 0 Å². The maximum atomic E-state index is 13.1. The molecule has 3 aromatic rings. The quantitative estimate of drug-likeness (QED) is 0.641. The third kappa shape index (κ3) is 3.02. The normalized spacial score (nSPS) is 18.8. The molecule has 2 aromatic heterocycles.